The first-order chi connectivity index (χ1) is 28.2. The first kappa shape index (κ1) is 31.6. The van der Waals surface area contributed by atoms with Crippen LogP contribution in [0.15, 0.2) is 199 Å². The van der Waals surface area contributed by atoms with E-state index >= 15 is 0 Å². The Balaban J connectivity index is 1.15. The second-order valence-electron chi connectivity index (χ2n) is 14.6. The van der Waals surface area contributed by atoms with Gasteiger partial charge in [-0.05, 0) is 60.7 Å². The molecule has 5 heteroatoms. The molecule has 0 aliphatic heterocycles. The maximum Gasteiger partial charge on any atom is 0.160 e. The molecular weight excluding hydrogens is 697 g/mol. The third-order valence-electron chi connectivity index (χ3n) is 11.3. The van der Waals surface area contributed by atoms with E-state index in [1.165, 1.54) is 27.1 Å². The van der Waals surface area contributed by atoms with E-state index in [1.54, 1.807) is 0 Å². The molecule has 0 saturated carbocycles. The molecule has 0 fully saturated rings. The van der Waals surface area contributed by atoms with Crippen LogP contribution in [0.4, 0.5) is 0 Å². The van der Waals surface area contributed by atoms with E-state index in [1.807, 2.05) is 24.3 Å². The molecule has 0 spiro atoms. The standard InChI is InChI=1S/C52H32N4O/c1-4-15-33(16-5-1)44-30-45(34-17-6-2-7-18-34)54-52(53-44)35-19-14-22-37(27-35)56-48-31-47-40(38-23-10-12-25-46(38)55(47)36-20-8-3-9-21-36)28-41(48)42-29-43-39-24-11-13-26-50(39)57-51(43)32-49(42)56/h1-32H. The summed E-state index contributed by atoms with van der Waals surface area (Å²) in [7, 11) is 0. The summed E-state index contributed by atoms with van der Waals surface area (Å²) < 4.78 is 11.3. The molecule has 8 aromatic carbocycles. The lowest BCUT2D eigenvalue weighted by Gasteiger charge is -2.12. The molecule has 12 aromatic rings. The van der Waals surface area contributed by atoms with Gasteiger partial charge in [0.25, 0.3) is 0 Å². The van der Waals surface area contributed by atoms with Crippen molar-refractivity contribution >= 4 is 65.6 Å². The lowest BCUT2D eigenvalue weighted by atomic mass is 10.1. The minimum atomic E-state index is 0.670. The Labute approximate surface area is 327 Å². The first-order valence-electron chi connectivity index (χ1n) is 19.2. The van der Waals surface area contributed by atoms with Gasteiger partial charge >= 0.3 is 0 Å². The number of benzene rings is 8. The smallest absolute Gasteiger partial charge is 0.160 e. The van der Waals surface area contributed by atoms with E-state index in [0.717, 1.165) is 77.9 Å². The molecule has 0 atom stereocenters. The van der Waals surface area contributed by atoms with Gasteiger partial charge in [0, 0.05) is 66.4 Å². The predicted octanol–water partition coefficient (Wildman–Crippen LogP) is 13.6. The molecule has 0 N–H and O–H groups in total. The van der Waals surface area contributed by atoms with Gasteiger partial charge in [-0.15, -0.1) is 0 Å². The Kier molecular flexibility index (Phi) is 6.86. The highest BCUT2D eigenvalue weighted by molar-refractivity contribution is 6.22. The van der Waals surface area contributed by atoms with Crippen molar-refractivity contribution in [1.29, 1.82) is 0 Å². The predicted molar refractivity (Wildman–Crippen MR) is 234 cm³/mol. The number of para-hydroxylation sites is 3. The van der Waals surface area contributed by atoms with Gasteiger partial charge in [0.05, 0.1) is 33.5 Å². The van der Waals surface area contributed by atoms with Crippen molar-refractivity contribution in [3.8, 4) is 45.3 Å². The quantitative estimate of drug-likeness (QED) is 0.177. The number of furan rings is 1. The lowest BCUT2D eigenvalue weighted by molar-refractivity contribution is 0.669. The highest BCUT2D eigenvalue weighted by Crippen LogP contribution is 2.42. The Morgan fingerprint density at radius 3 is 1.56 bits per heavy atom. The summed E-state index contributed by atoms with van der Waals surface area (Å²) in [5.74, 6) is 0.670. The first-order valence-corrected chi connectivity index (χ1v) is 19.2. The van der Waals surface area contributed by atoms with E-state index in [2.05, 4.69) is 179 Å². The van der Waals surface area contributed by atoms with E-state index in [9.17, 15) is 0 Å². The zero-order valence-electron chi connectivity index (χ0n) is 30.7. The van der Waals surface area contributed by atoms with Crippen molar-refractivity contribution in [3.63, 3.8) is 0 Å². The van der Waals surface area contributed by atoms with Crippen molar-refractivity contribution in [2.75, 3.05) is 0 Å². The average molecular weight is 729 g/mol. The number of fused-ring (bicyclic) bond motifs is 9. The molecular formula is C52H32N4O. The third-order valence-corrected chi connectivity index (χ3v) is 11.3. The third kappa shape index (κ3) is 4.96. The number of nitrogens with zero attached hydrogens (tertiary/aromatic N) is 4. The summed E-state index contributed by atoms with van der Waals surface area (Å²) in [6, 6.07) is 68.3. The Bertz CT molecular complexity index is 3450. The molecule has 0 aliphatic rings. The normalized spacial score (nSPS) is 11.9. The fraction of sp³-hybridized carbons (Fsp3) is 0. The summed E-state index contributed by atoms with van der Waals surface area (Å²) >= 11 is 0. The van der Waals surface area contributed by atoms with Gasteiger partial charge in [0.15, 0.2) is 5.82 Å². The van der Waals surface area contributed by atoms with Gasteiger partial charge in [-0.1, -0.05) is 127 Å². The van der Waals surface area contributed by atoms with Crippen LogP contribution >= 0.6 is 0 Å². The van der Waals surface area contributed by atoms with Crippen LogP contribution in [0.2, 0.25) is 0 Å². The van der Waals surface area contributed by atoms with Crippen LogP contribution < -0.4 is 0 Å². The Morgan fingerprint density at radius 1 is 0.316 bits per heavy atom. The molecule has 4 aromatic heterocycles. The SMILES string of the molecule is c1ccc(-c2cc(-c3ccccc3)nc(-c3cccc(-n4c5cc6oc7ccccc7c6cc5c5cc6c7ccccc7n(-c7ccccc7)c6cc54)c3)n2)cc1. The number of aromatic nitrogens is 4. The molecule has 0 bridgehead atoms. The molecule has 0 unspecified atom stereocenters. The molecule has 0 saturated heterocycles. The Hall–Kier alpha value is -7.76. The summed E-state index contributed by atoms with van der Waals surface area (Å²) in [6.45, 7) is 0. The number of hydrogen-bond acceptors (Lipinski definition) is 3. The molecule has 4 heterocycles. The van der Waals surface area contributed by atoms with Crippen LogP contribution in [0, 0.1) is 0 Å². The van der Waals surface area contributed by atoms with Crippen molar-refractivity contribution in [2.24, 2.45) is 0 Å². The summed E-state index contributed by atoms with van der Waals surface area (Å²) in [5, 5.41) is 7.01. The molecule has 0 aliphatic carbocycles. The summed E-state index contributed by atoms with van der Waals surface area (Å²) in [6.07, 6.45) is 0. The molecule has 5 nitrogen and oxygen atoms in total. The van der Waals surface area contributed by atoms with E-state index in [4.69, 9.17) is 14.4 Å². The topological polar surface area (TPSA) is 48.8 Å². The highest BCUT2D eigenvalue weighted by atomic mass is 16.3. The minimum absolute atomic E-state index is 0.670. The molecule has 266 valence electrons. The van der Waals surface area contributed by atoms with Crippen LogP contribution in [0.25, 0.3) is 111 Å². The molecule has 0 amide bonds. The van der Waals surface area contributed by atoms with E-state index in [0.29, 0.717) is 5.82 Å². The van der Waals surface area contributed by atoms with Crippen molar-refractivity contribution in [1.82, 2.24) is 19.1 Å². The zero-order chi connectivity index (χ0) is 37.5. The number of hydrogen-bond donors (Lipinski definition) is 0. The maximum atomic E-state index is 6.51. The minimum Gasteiger partial charge on any atom is -0.456 e. The van der Waals surface area contributed by atoms with E-state index in [-0.39, 0.29) is 0 Å². The van der Waals surface area contributed by atoms with Gasteiger partial charge in [-0.3, -0.25) is 0 Å². The molecule has 12 rings (SSSR count). The highest BCUT2D eigenvalue weighted by Gasteiger charge is 2.21. The lowest BCUT2D eigenvalue weighted by Crippen LogP contribution is -1.98. The van der Waals surface area contributed by atoms with Crippen molar-refractivity contribution in [3.05, 3.63) is 194 Å². The molecule has 57 heavy (non-hydrogen) atoms. The maximum absolute atomic E-state index is 6.51. The van der Waals surface area contributed by atoms with Crippen molar-refractivity contribution < 1.29 is 4.42 Å². The largest absolute Gasteiger partial charge is 0.456 e. The van der Waals surface area contributed by atoms with Gasteiger partial charge in [-0.25, -0.2) is 9.97 Å². The Morgan fingerprint density at radius 2 is 0.842 bits per heavy atom. The summed E-state index contributed by atoms with van der Waals surface area (Å²) in [5.41, 5.74) is 13.2. The van der Waals surface area contributed by atoms with Crippen LogP contribution in [0.5, 0.6) is 0 Å². The fourth-order valence-electron chi connectivity index (χ4n) is 8.70. The molecule has 0 radical (unpaired) electrons. The zero-order valence-corrected chi connectivity index (χ0v) is 30.7. The van der Waals surface area contributed by atoms with Crippen LogP contribution in [-0.4, -0.2) is 19.1 Å². The van der Waals surface area contributed by atoms with Gasteiger partial charge in [0.1, 0.15) is 11.2 Å². The van der Waals surface area contributed by atoms with Crippen LogP contribution in [0.1, 0.15) is 0 Å². The van der Waals surface area contributed by atoms with E-state index < -0.39 is 0 Å². The second-order valence-corrected chi connectivity index (χ2v) is 14.6. The van der Waals surface area contributed by atoms with Crippen LogP contribution in [0.3, 0.4) is 0 Å². The van der Waals surface area contributed by atoms with Gasteiger partial charge < -0.3 is 13.6 Å². The van der Waals surface area contributed by atoms with Crippen LogP contribution in [-0.2, 0) is 0 Å². The summed E-state index contributed by atoms with van der Waals surface area (Å²) in [4.78, 5) is 10.4. The monoisotopic (exact) mass is 728 g/mol. The van der Waals surface area contributed by atoms with Crippen molar-refractivity contribution in [2.45, 2.75) is 0 Å². The fourth-order valence-corrected chi connectivity index (χ4v) is 8.70. The average Bonchev–Trinajstić information content (AvgIpc) is 3.92. The number of rotatable bonds is 5. The van der Waals surface area contributed by atoms with Gasteiger partial charge in [-0.2, -0.15) is 0 Å². The second kappa shape index (κ2) is 12.4. The van der Waals surface area contributed by atoms with Gasteiger partial charge in [0.2, 0.25) is 0 Å².